The number of aliphatic carboxylic acids is 1. The second-order valence-electron chi connectivity index (χ2n) is 4.56. The van der Waals surface area contributed by atoms with Gasteiger partial charge < -0.3 is 26.2 Å². The van der Waals surface area contributed by atoms with Crippen molar-refractivity contribution in [3.8, 4) is 0 Å². The summed E-state index contributed by atoms with van der Waals surface area (Å²) in [6.45, 7) is 1.26. The molecule has 108 valence electrons. The fourth-order valence-electron chi connectivity index (χ4n) is 2.02. The molecule has 3 atom stereocenters. The Labute approximate surface area is 110 Å². The van der Waals surface area contributed by atoms with E-state index in [1.807, 2.05) is 0 Å². The largest absolute Gasteiger partial charge is 0.480 e. The lowest BCUT2D eigenvalue weighted by Gasteiger charge is -2.26. The predicted molar refractivity (Wildman–Crippen MR) is 65.0 cm³/mol. The van der Waals surface area contributed by atoms with Gasteiger partial charge in [0.2, 0.25) is 11.8 Å². The zero-order valence-electron chi connectivity index (χ0n) is 10.7. The monoisotopic (exact) mass is 273 g/mol. The number of carboxylic acid groups (broad SMARTS) is 1. The quantitative estimate of drug-likeness (QED) is 0.453. The van der Waals surface area contributed by atoms with Crippen LogP contribution in [0.2, 0.25) is 0 Å². The van der Waals surface area contributed by atoms with Gasteiger partial charge in [0, 0.05) is 6.54 Å². The lowest BCUT2D eigenvalue weighted by atomic mass is 10.1. The Balaban J connectivity index is 2.70. The summed E-state index contributed by atoms with van der Waals surface area (Å²) in [7, 11) is 0. The van der Waals surface area contributed by atoms with Gasteiger partial charge in [-0.25, -0.2) is 4.79 Å². The SMILES string of the molecule is CC(N)C(=O)N1CCCC1C(=O)NC(CO)C(=O)O. The van der Waals surface area contributed by atoms with E-state index in [0.717, 1.165) is 0 Å². The lowest BCUT2D eigenvalue weighted by molar-refractivity contribution is -0.145. The molecule has 2 amide bonds. The van der Waals surface area contributed by atoms with E-state index >= 15 is 0 Å². The number of carbonyl (C=O) groups excluding carboxylic acids is 2. The van der Waals surface area contributed by atoms with Gasteiger partial charge in [-0.05, 0) is 19.8 Å². The highest BCUT2D eigenvalue weighted by molar-refractivity contribution is 5.92. The van der Waals surface area contributed by atoms with Crippen LogP contribution in [0.25, 0.3) is 0 Å². The summed E-state index contributed by atoms with van der Waals surface area (Å²) < 4.78 is 0. The van der Waals surface area contributed by atoms with Crippen molar-refractivity contribution >= 4 is 17.8 Å². The van der Waals surface area contributed by atoms with E-state index in [9.17, 15) is 14.4 Å². The van der Waals surface area contributed by atoms with Gasteiger partial charge in [0.05, 0.1) is 12.6 Å². The first-order chi connectivity index (χ1) is 8.88. The highest BCUT2D eigenvalue weighted by atomic mass is 16.4. The summed E-state index contributed by atoms with van der Waals surface area (Å²) in [4.78, 5) is 35.8. The Bertz CT molecular complexity index is 371. The summed E-state index contributed by atoms with van der Waals surface area (Å²) >= 11 is 0. The molecule has 3 unspecified atom stereocenters. The minimum absolute atomic E-state index is 0.339. The van der Waals surface area contributed by atoms with E-state index in [1.165, 1.54) is 11.8 Å². The van der Waals surface area contributed by atoms with Crippen molar-refractivity contribution < 1.29 is 24.6 Å². The molecule has 1 aliphatic heterocycles. The molecule has 0 aromatic heterocycles. The van der Waals surface area contributed by atoms with E-state index in [1.54, 1.807) is 0 Å². The number of nitrogens with two attached hydrogens (primary N) is 1. The third-order valence-corrected chi connectivity index (χ3v) is 3.03. The van der Waals surface area contributed by atoms with E-state index in [4.69, 9.17) is 15.9 Å². The van der Waals surface area contributed by atoms with Crippen LogP contribution in [0.3, 0.4) is 0 Å². The standard InChI is InChI=1S/C11H19N3O5/c1-6(12)10(17)14-4-2-3-8(14)9(16)13-7(5-15)11(18)19/h6-8,15H,2-5,12H2,1H3,(H,13,16)(H,18,19). The van der Waals surface area contributed by atoms with Gasteiger partial charge in [0.1, 0.15) is 12.1 Å². The maximum absolute atomic E-state index is 11.9. The molecule has 0 radical (unpaired) electrons. The highest BCUT2D eigenvalue weighted by Gasteiger charge is 2.36. The minimum Gasteiger partial charge on any atom is -0.480 e. The fourth-order valence-corrected chi connectivity index (χ4v) is 2.02. The number of carboxylic acids is 1. The molecule has 1 fully saturated rings. The average molecular weight is 273 g/mol. The zero-order valence-corrected chi connectivity index (χ0v) is 10.7. The van der Waals surface area contributed by atoms with E-state index in [0.29, 0.717) is 19.4 Å². The number of nitrogens with one attached hydrogen (secondary N) is 1. The number of hydrogen-bond acceptors (Lipinski definition) is 5. The Morgan fingerprint density at radius 3 is 2.58 bits per heavy atom. The van der Waals surface area contributed by atoms with Gasteiger partial charge in [-0.15, -0.1) is 0 Å². The molecule has 0 spiro atoms. The fraction of sp³-hybridized carbons (Fsp3) is 0.727. The van der Waals surface area contributed by atoms with Crippen molar-refractivity contribution in [3.05, 3.63) is 0 Å². The van der Waals surface area contributed by atoms with Gasteiger partial charge in [-0.1, -0.05) is 0 Å². The predicted octanol–water partition coefficient (Wildman–Crippen LogP) is -2.11. The second kappa shape index (κ2) is 6.48. The molecule has 8 nitrogen and oxygen atoms in total. The van der Waals surface area contributed by atoms with E-state index < -0.39 is 36.6 Å². The van der Waals surface area contributed by atoms with Crippen molar-refractivity contribution in [2.75, 3.05) is 13.2 Å². The van der Waals surface area contributed by atoms with Crippen molar-refractivity contribution in [2.24, 2.45) is 5.73 Å². The molecule has 1 rings (SSSR count). The number of aliphatic hydroxyl groups excluding tert-OH is 1. The van der Waals surface area contributed by atoms with Crippen LogP contribution in [-0.2, 0) is 14.4 Å². The third kappa shape index (κ3) is 3.65. The summed E-state index contributed by atoms with van der Waals surface area (Å²) in [6, 6.07) is -2.78. The number of amides is 2. The normalized spacial score (nSPS) is 21.8. The van der Waals surface area contributed by atoms with Crippen molar-refractivity contribution in [1.29, 1.82) is 0 Å². The minimum atomic E-state index is -1.36. The highest BCUT2D eigenvalue weighted by Crippen LogP contribution is 2.18. The number of hydrogen-bond donors (Lipinski definition) is 4. The molecule has 0 aliphatic carbocycles. The zero-order chi connectivity index (χ0) is 14.6. The Morgan fingerprint density at radius 2 is 2.11 bits per heavy atom. The Kier molecular flexibility index (Phi) is 5.25. The average Bonchev–Trinajstić information content (AvgIpc) is 2.83. The summed E-state index contributed by atoms with van der Waals surface area (Å²) in [6.07, 6.45) is 1.12. The third-order valence-electron chi connectivity index (χ3n) is 3.03. The molecule has 0 aromatic carbocycles. The van der Waals surface area contributed by atoms with Crippen LogP contribution < -0.4 is 11.1 Å². The number of rotatable bonds is 5. The molecule has 1 aliphatic rings. The van der Waals surface area contributed by atoms with E-state index in [2.05, 4.69) is 5.32 Å². The Hall–Kier alpha value is -1.67. The van der Waals surface area contributed by atoms with Gasteiger partial charge in [-0.2, -0.15) is 0 Å². The molecule has 1 saturated heterocycles. The second-order valence-corrected chi connectivity index (χ2v) is 4.56. The number of nitrogens with zero attached hydrogens (tertiary/aromatic N) is 1. The number of carbonyl (C=O) groups is 3. The molecule has 0 saturated carbocycles. The summed E-state index contributed by atoms with van der Waals surface area (Å²) in [5.41, 5.74) is 5.50. The molecule has 0 aromatic rings. The van der Waals surface area contributed by atoms with Gasteiger partial charge in [0.15, 0.2) is 0 Å². The number of aliphatic hydroxyl groups is 1. The smallest absolute Gasteiger partial charge is 0.328 e. The first-order valence-corrected chi connectivity index (χ1v) is 6.08. The lowest BCUT2D eigenvalue weighted by Crippen LogP contribution is -2.54. The molecular weight excluding hydrogens is 254 g/mol. The first kappa shape index (κ1) is 15.4. The van der Waals surface area contributed by atoms with Crippen LogP contribution in [0.5, 0.6) is 0 Å². The van der Waals surface area contributed by atoms with Crippen molar-refractivity contribution in [1.82, 2.24) is 10.2 Å². The van der Waals surface area contributed by atoms with Crippen LogP contribution >= 0.6 is 0 Å². The summed E-state index contributed by atoms with van der Waals surface area (Å²) in [5.74, 6) is -2.24. The molecular formula is C11H19N3O5. The van der Waals surface area contributed by atoms with Crippen LogP contribution in [0.4, 0.5) is 0 Å². The van der Waals surface area contributed by atoms with Gasteiger partial charge >= 0.3 is 5.97 Å². The van der Waals surface area contributed by atoms with E-state index in [-0.39, 0.29) is 5.91 Å². The van der Waals surface area contributed by atoms with Gasteiger partial charge in [0.25, 0.3) is 0 Å². The maximum atomic E-state index is 11.9. The van der Waals surface area contributed by atoms with Crippen LogP contribution in [-0.4, -0.2) is 64.2 Å². The number of likely N-dealkylation sites (tertiary alicyclic amines) is 1. The first-order valence-electron chi connectivity index (χ1n) is 6.08. The van der Waals surface area contributed by atoms with Crippen molar-refractivity contribution in [2.45, 2.75) is 37.9 Å². The maximum Gasteiger partial charge on any atom is 0.328 e. The van der Waals surface area contributed by atoms with Crippen LogP contribution in [0, 0.1) is 0 Å². The molecule has 0 bridgehead atoms. The van der Waals surface area contributed by atoms with Crippen LogP contribution in [0.15, 0.2) is 0 Å². The summed E-state index contributed by atoms with van der Waals surface area (Å²) in [5, 5.41) is 19.8. The van der Waals surface area contributed by atoms with Gasteiger partial charge in [-0.3, -0.25) is 9.59 Å². The topological polar surface area (TPSA) is 133 Å². The molecule has 19 heavy (non-hydrogen) atoms. The Morgan fingerprint density at radius 1 is 1.47 bits per heavy atom. The molecule has 8 heteroatoms. The molecule has 1 heterocycles. The van der Waals surface area contributed by atoms with Crippen LogP contribution in [0.1, 0.15) is 19.8 Å². The molecule has 5 N–H and O–H groups in total. The van der Waals surface area contributed by atoms with Crippen molar-refractivity contribution in [3.63, 3.8) is 0 Å².